The topological polar surface area (TPSA) is 36.0 Å². The van der Waals surface area contributed by atoms with Crippen molar-refractivity contribution in [1.29, 1.82) is 0 Å². The molecule has 0 bridgehead atoms. The molecule has 3 saturated heterocycles. The molecular weight excluding hydrogens is 218 g/mol. The second-order valence-electron chi connectivity index (χ2n) is 5.85. The summed E-state index contributed by atoms with van der Waals surface area (Å²) < 4.78 is 5.47. The summed E-state index contributed by atoms with van der Waals surface area (Å²) in [5, 5.41) is 0. The van der Waals surface area contributed by atoms with E-state index in [0.29, 0.717) is 6.04 Å². The number of hydrogen-bond acceptors (Lipinski definition) is 4. The van der Waals surface area contributed by atoms with Crippen LogP contribution < -0.4 is 0 Å². The molecule has 0 aromatic rings. The van der Waals surface area contributed by atoms with Gasteiger partial charge in [-0.3, -0.25) is 4.90 Å². The molecule has 1 spiro atoms. The van der Waals surface area contributed by atoms with Crippen molar-refractivity contribution in [3.8, 4) is 0 Å². The van der Waals surface area contributed by atoms with Crippen LogP contribution in [0.15, 0.2) is 0 Å². The molecule has 3 heterocycles. The zero-order chi connectivity index (χ0) is 12.0. The van der Waals surface area contributed by atoms with Gasteiger partial charge in [0.2, 0.25) is 0 Å². The van der Waals surface area contributed by atoms with Gasteiger partial charge in [-0.25, -0.2) is 4.79 Å². The summed E-state index contributed by atoms with van der Waals surface area (Å²) >= 11 is 0. The van der Waals surface area contributed by atoms with Crippen molar-refractivity contribution in [2.24, 2.45) is 0 Å². The number of hydrogen-bond donors (Lipinski definition) is 0. The van der Waals surface area contributed by atoms with Crippen molar-refractivity contribution in [1.82, 2.24) is 14.7 Å². The highest BCUT2D eigenvalue weighted by molar-refractivity contribution is 5.70. The average Bonchev–Trinajstić information content (AvgIpc) is 2.55. The monoisotopic (exact) mass is 239 g/mol. The number of likely N-dealkylation sites (tertiary alicyclic amines) is 2. The third-order valence-corrected chi connectivity index (χ3v) is 4.33. The lowest BCUT2D eigenvalue weighted by Gasteiger charge is -2.50. The minimum Gasteiger partial charge on any atom is -0.438 e. The van der Waals surface area contributed by atoms with E-state index in [4.69, 9.17) is 4.74 Å². The normalized spacial score (nSPS) is 30.7. The third kappa shape index (κ3) is 1.91. The lowest BCUT2D eigenvalue weighted by atomic mass is 9.89. The van der Waals surface area contributed by atoms with E-state index in [1.165, 1.54) is 25.9 Å². The Bertz CT molecular complexity index is 320. The molecule has 0 unspecified atom stereocenters. The summed E-state index contributed by atoms with van der Waals surface area (Å²) in [5.41, 5.74) is -0.185. The molecule has 17 heavy (non-hydrogen) atoms. The Balaban J connectivity index is 1.53. The van der Waals surface area contributed by atoms with Crippen molar-refractivity contribution < 1.29 is 9.53 Å². The van der Waals surface area contributed by atoms with E-state index >= 15 is 0 Å². The predicted molar refractivity (Wildman–Crippen MR) is 63.9 cm³/mol. The van der Waals surface area contributed by atoms with Crippen LogP contribution in [-0.2, 0) is 4.74 Å². The molecule has 3 fully saturated rings. The molecule has 0 aliphatic carbocycles. The molecular formula is C12H21N3O2. The van der Waals surface area contributed by atoms with Crippen molar-refractivity contribution in [3.63, 3.8) is 0 Å². The summed E-state index contributed by atoms with van der Waals surface area (Å²) in [5.74, 6) is 0. The van der Waals surface area contributed by atoms with Gasteiger partial charge in [0, 0.05) is 26.2 Å². The van der Waals surface area contributed by atoms with E-state index < -0.39 is 0 Å². The Hall–Kier alpha value is -0.810. The number of ether oxygens (including phenoxy) is 1. The molecule has 0 radical (unpaired) electrons. The maximum Gasteiger partial charge on any atom is 0.410 e. The van der Waals surface area contributed by atoms with Crippen LogP contribution >= 0.6 is 0 Å². The fourth-order valence-corrected chi connectivity index (χ4v) is 3.27. The van der Waals surface area contributed by atoms with Gasteiger partial charge in [-0.05, 0) is 33.0 Å². The molecule has 3 aliphatic rings. The predicted octanol–water partition coefficient (Wildman–Crippen LogP) is 0.217. The summed E-state index contributed by atoms with van der Waals surface area (Å²) in [6.45, 7) is 4.99. The van der Waals surface area contributed by atoms with Crippen LogP contribution in [0.3, 0.4) is 0 Å². The quantitative estimate of drug-likeness (QED) is 0.656. The van der Waals surface area contributed by atoms with Crippen molar-refractivity contribution >= 4 is 6.09 Å². The first-order valence-electron chi connectivity index (χ1n) is 6.45. The van der Waals surface area contributed by atoms with Gasteiger partial charge in [-0.15, -0.1) is 0 Å². The van der Waals surface area contributed by atoms with E-state index in [2.05, 4.69) is 16.8 Å². The second kappa shape index (κ2) is 3.85. The lowest BCUT2D eigenvalue weighted by Crippen LogP contribution is -2.67. The van der Waals surface area contributed by atoms with Crippen LogP contribution in [0.1, 0.15) is 12.8 Å². The van der Waals surface area contributed by atoms with Gasteiger partial charge in [0.25, 0.3) is 0 Å². The van der Waals surface area contributed by atoms with Gasteiger partial charge in [0.15, 0.2) is 5.60 Å². The maximum atomic E-state index is 11.4. The van der Waals surface area contributed by atoms with E-state index in [1.807, 2.05) is 7.05 Å². The number of amides is 1. The Kier molecular flexibility index (Phi) is 2.56. The van der Waals surface area contributed by atoms with Crippen LogP contribution in [0, 0.1) is 0 Å². The molecule has 0 aromatic carbocycles. The average molecular weight is 239 g/mol. The van der Waals surface area contributed by atoms with Crippen molar-refractivity contribution in [2.45, 2.75) is 24.5 Å². The SMILES string of the molecule is CN1CCC(N2CC3(CN(C)C(=O)O3)C2)CC1. The molecule has 3 aliphatic heterocycles. The van der Waals surface area contributed by atoms with Crippen molar-refractivity contribution in [3.05, 3.63) is 0 Å². The minimum absolute atomic E-state index is 0.159. The number of likely N-dealkylation sites (N-methyl/N-ethyl adjacent to an activating group) is 1. The minimum atomic E-state index is -0.185. The second-order valence-corrected chi connectivity index (χ2v) is 5.85. The number of carbonyl (C=O) groups is 1. The molecule has 3 rings (SSSR count). The summed E-state index contributed by atoms with van der Waals surface area (Å²) in [7, 11) is 4.00. The molecule has 5 nitrogen and oxygen atoms in total. The van der Waals surface area contributed by atoms with E-state index in [0.717, 1.165) is 19.6 Å². The first-order valence-corrected chi connectivity index (χ1v) is 6.45. The largest absolute Gasteiger partial charge is 0.438 e. The van der Waals surface area contributed by atoms with Crippen LogP contribution in [0.2, 0.25) is 0 Å². The Morgan fingerprint density at radius 1 is 1.18 bits per heavy atom. The smallest absolute Gasteiger partial charge is 0.410 e. The molecule has 0 atom stereocenters. The fourth-order valence-electron chi connectivity index (χ4n) is 3.27. The highest BCUT2D eigenvalue weighted by Crippen LogP contribution is 2.34. The third-order valence-electron chi connectivity index (χ3n) is 4.33. The molecule has 0 N–H and O–H groups in total. The zero-order valence-electron chi connectivity index (χ0n) is 10.7. The van der Waals surface area contributed by atoms with E-state index in [1.54, 1.807) is 4.90 Å². The molecule has 0 aromatic heterocycles. The summed E-state index contributed by atoms with van der Waals surface area (Å²) in [6.07, 6.45) is 2.33. The van der Waals surface area contributed by atoms with Crippen LogP contribution in [0.5, 0.6) is 0 Å². The van der Waals surface area contributed by atoms with Gasteiger partial charge in [0.1, 0.15) is 0 Å². The summed E-state index contributed by atoms with van der Waals surface area (Å²) in [4.78, 5) is 17.9. The fraction of sp³-hybridized carbons (Fsp3) is 0.917. The van der Waals surface area contributed by atoms with Crippen LogP contribution in [0.4, 0.5) is 4.79 Å². The highest BCUT2D eigenvalue weighted by Gasteiger charge is 2.54. The lowest BCUT2D eigenvalue weighted by molar-refractivity contribution is -0.0999. The van der Waals surface area contributed by atoms with Crippen LogP contribution in [0.25, 0.3) is 0 Å². The van der Waals surface area contributed by atoms with Gasteiger partial charge < -0.3 is 14.5 Å². The van der Waals surface area contributed by atoms with Gasteiger partial charge in [0.05, 0.1) is 6.54 Å². The number of carbonyl (C=O) groups excluding carboxylic acids is 1. The van der Waals surface area contributed by atoms with E-state index in [9.17, 15) is 4.79 Å². The first-order chi connectivity index (χ1) is 8.08. The Labute approximate surface area is 102 Å². The summed E-state index contributed by atoms with van der Waals surface area (Å²) in [6, 6.07) is 0.696. The standard InChI is InChI=1S/C12H21N3O2/c1-13-5-3-10(4-6-13)15-8-12(9-15)7-14(2)11(16)17-12/h10H,3-9H2,1-2H3. The zero-order valence-corrected chi connectivity index (χ0v) is 10.7. The molecule has 0 saturated carbocycles. The maximum absolute atomic E-state index is 11.4. The van der Waals surface area contributed by atoms with Gasteiger partial charge in [-0.1, -0.05) is 0 Å². The molecule has 96 valence electrons. The Morgan fingerprint density at radius 3 is 2.35 bits per heavy atom. The molecule has 1 amide bonds. The van der Waals surface area contributed by atoms with Crippen LogP contribution in [-0.4, -0.2) is 79.3 Å². The first kappa shape index (κ1) is 11.3. The van der Waals surface area contributed by atoms with Gasteiger partial charge in [-0.2, -0.15) is 0 Å². The Morgan fingerprint density at radius 2 is 1.82 bits per heavy atom. The highest BCUT2D eigenvalue weighted by atomic mass is 16.6. The van der Waals surface area contributed by atoms with Gasteiger partial charge >= 0.3 is 6.09 Å². The van der Waals surface area contributed by atoms with E-state index in [-0.39, 0.29) is 11.7 Å². The number of rotatable bonds is 1. The number of nitrogens with zero attached hydrogens (tertiary/aromatic N) is 3. The number of piperidine rings is 1. The molecule has 5 heteroatoms. The van der Waals surface area contributed by atoms with Crippen molar-refractivity contribution in [2.75, 3.05) is 46.8 Å².